The van der Waals surface area contributed by atoms with E-state index in [1.807, 2.05) is 0 Å². The van der Waals surface area contributed by atoms with Gasteiger partial charge in [-0.1, -0.05) is 158 Å². The van der Waals surface area contributed by atoms with Gasteiger partial charge in [0.1, 0.15) is 11.2 Å². The third-order valence-corrected chi connectivity index (χ3v) is 12.1. The maximum absolute atomic E-state index is 6.92. The van der Waals surface area contributed by atoms with Crippen molar-refractivity contribution < 1.29 is 4.42 Å². The summed E-state index contributed by atoms with van der Waals surface area (Å²) in [5.74, 6) is 0. The van der Waals surface area contributed by atoms with Crippen LogP contribution in [0.25, 0.3) is 66.1 Å². The van der Waals surface area contributed by atoms with Crippen LogP contribution < -0.4 is 4.90 Å². The van der Waals surface area contributed by atoms with Crippen LogP contribution >= 0.6 is 0 Å². The molecule has 1 spiro atoms. The first kappa shape index (κ1) is 30.3. The van der Waals surface area contributed by atoms with Crippen molar-refractivity contribution in [2.24, 2.45) is 0 Å². The van der Waals surface area contributed by atoms with Crippen molar-refractivity contribution >= 4 is 49.8 Å². The molecule has 9 aromatic carbocycles. The van der Waals surface area contributed by atoms with Crippen LogP contribution in [0.3, 0.4) is 0 Å². The molecule has 0 saturated heterocycles. The van der Waals surface area contributed by atoms with Crippen LogP contribution in [0.2, 0.25) is 0 Å². The molecular weight excluding hydrogens is 667 g/mol. The fraction of sp³-hybridized carbons (Fsp3) is 0.0189. The molecule has 2 aliphatic rings. The first-order chi connectivity index (χ1) is 27.3. The molecule has 2 nitrogen and oxygen atoms in total. The van der Waals surface area contributed by atoms with Crippen molar-refractivity contribution in [3.63, 3.8) is 0 Å². The predicted octanol–water partition coefficient (Wildman–Crippen LogP) is 14.2. The van der Waals surface area contributed by atoms with Crippen molar-refractivity contribution in [2.75, 3.05) is 4.90 Å². The molecule has 0 fully saturated rings. The highest BCUT2D eigenvalue weighted by molar-refractivity contribution is 6.18. The van der Waals surface area contributed by atoms with E-state index in [2.05, 4.69) is 205 Å². The SMILES string of the molecule is c1ccc(N(c2ccc(-c3cccc4c3oc3ccc5c(c34)-c3ccccc3C53c4ccccc4-c4ccccc43)cc2)c2ccc3ccccc3c2)cc1. The highest BCUT2D eigenvalue weighted by Gasteiger charge is 2.52. The number of nitrogens with zero attached hydrogens (tertiary/aromatic N) is 1. The number of furan rings is 1. The van der Waals surface area contributed by atoms with Crippen molar-refractivity contribution in [3.05, 3.63) is 222 Å². The number of hydrogen-bond acceptors (Lipinski definition) is 2. The number of rotatable bonds is 4. The summed E-state index contributed by atoms with van der Waals surface area (Å²) in [5, 5.41) is 4.77. The summed E-state index contributed by atoms with van der Waals surface area (Å²) in [6.45, 7) is 0. The van der Waals surface area contributed by atoms with E-state index in [0.29, 0.717) is 0 Å². The zero-order valence-electron chi connectivity index (χ0n) is 29.9. The molecule has 0 unspecified atom stereocenters. The summed E-state index contributed by atoms with van der Waals surface area (Å²) in [6, 6.07) is 72.9. The van der Waals surface area contributed by atoms with Crippen molar-refractivity contribution in [3.8, 4) is 33.4 Å². The Balaban J connectivity index is 1.03. The van der Waals surface area contributed by atoms with Crippen LogP contribution in [0.5, 0.6) is 0 Å². The highest BCUT2D eigenvalue weighted by atomic mass is 16.3. The molecule has 0 saturated carbocycles. The van der Waals surface area contributed by atoms with Crippen LogP contribution in [-0.2, 0) is 5.41 Å². The van der Waals surface area contributed by atoms with Gasteiger partial charge in [0, 0.05) is 33.4 Å². The molecular formula is C53H33NO. The molecule has 55 heavy (non-hydrogen) atoms. The van der Waals surface area contributed by atoms with Crippen LogP contribution in [0, 0.1) is 0 Å². The second-order valence-electron chi connectivity index (χ2n) is 14.8. The minimum absolute atomic E-state index is 0.389. The molecule has 0 amide bonds. The third kappa shape index (κ3) is 4.14. The van der Waals surface area contributed by atoms with E-state index < -0.39 is 0 Å². The average Bonchev–Trinajstić information content (AvgIpc) is 3.89. The summed E-state index contributed by atoms with van der Waals surface area (Å²) in [6.07, 6.45) is 0. The number of para-hydroxylation sites is 2. The van der Waals surface area contributed by atoms with E-state index in [1.54, 1.807) is 0 Å². The van der Waals surface area contributed by atoms with Crippen molar-refractivity contribution in [2.45, 2.75) is 5.41 Å². The van der Waals surface area contributed by atoms with Crippen LogP contribution in [0.15, 0.2) is 205 Å². The van der Waals surface area contributed by atoms with Gasteiger partial charge in [-0.2, -0.15) is 0 Å². The quantitative estimate of drug-likeness (QED) is 0.182. The maximum Gasteiger partial charge on any atom is 0.143 e. The lowest BCUT2D eigenvalue weighted by Crippen LogP contribution is -2.25. The molecule has 0 atom stereocenters. The Morgan fingerprint density at radius 3 is 1.71 bits per heavy atom. The van der Waals surface area contributed by atoms with E-state index in [-0.39, 0.29) is 5.41 Å². The van der Waals surface area contributed by atoms with Crippen molar-refractivity contribution in [1.29, 1.82) is 0 Å². The fourth-order valence-electron chi connectivity index (χ4n) is 9.83. The molecule has 10 aromatic rings. The lowest BCUT2D eigenvalue weighted by Gasteiger charge is -2.30. The van der Waals surface area contributed by atoms with Crippen LogP contribution in [0.4, 0.5) is 17.1 Å². The van der Waals surface area contributed by atoms with E-state index in [4.69, 9.17) is 4.42 Å². The minimum Gasteiger partial charge on any atom is -0.455 e. The first-order valence-electron chi connectivity index (χ1n) is 19.0. The van der Waals surface area contributed by atoms with Crippen LogP contribution in [0.1, 0.15) is 22.3 Å². The molecule has 2 aliphatic carbocycles. The Bertz CT molecular complexity index is 3110. The average molecular weight is 700 g/mol. The van der Waals surface area contributed by atoms with Gasteiger partial charge in [0.2, 0.25) is 0 Å². The van der Waals surface area contributed by atoms with Gasteiger partial charge in [0.05, 0.1) is 5.41 Å². The Kier molecular flexibility index (Phi) is 6.29. The molecule has 0 N–H and O–H groups in total. The topological polar surface area (TPSA) is 16.4 Å². The Labute approximate surface area is 319 Å². The molecule has 1 heterocycles. The molecule has 2 heteroatoms. The van der Waals surface area contributed by atoms with Gasteiger partial charge in [-0.25, -0.2) is 0 Å². The minimum atomic E-state index is -0.389. The molecule has 0 radical (unpaired) electrons. The Morgan fingerprint density at radius 1 is 0.382 bits per heavy atom. The summed E-state index contributed by atoms with van der Waals surface area (Å²) in [7, 11) is 0. The fourth-order valence-corrected chi connectivity index (χ4v) is 9.83. The number of hydrogen-bond donors (Lipinski definition) is 0. The molecule has 0 bridgehead atoms. The van der Waals surface area contributed by atoms with Gasteiger partial charge in [-0.15, -0.1) is 0 Å². The van der Waals surface area contributed by atoms with Crippen LogP contribution in [-0.4, -0.2) is 0 Å². The summed E-state index contributed by atoms with van der Waals surface area (Å²) in [4.78, 5) is 2.33. The summed E-state index contributed by atoms with van der Waals surface area (Å²) < 4.78 is 6.92. The summed E-state index contributed by atoms with van der Waals surface area (Å²) in [5.41, 5.74) is 17.5. The molecule has 12 rings (SSSR count). The van der Waals surface area contributed by atoms with E-state index in [1.165, 1.54) is 60.7 Å². The smallest absolute Gasteiger partial charge is 0.143 e. The third-order valence-electron chi connectivity index (χ3n) is 12.1. The molecule has 0 aliphatic heterocycles. The second-order valence-corrected chi connectivity index (χ2v) is 14.8. The monoisotopic (exact) mass is 699 g/mol. The van der Waals surface area contributed by atoms with Gasteiger partial charge >= 0.3 is 0 Å². The maximum atomic E-state index is 6.92. The lowest BCUT2D eigenvalue weighted by molar-refractivity contribution is 0.669. The van der Waals surface area contributed by atoms with E-state index >= 15 is 0 Å². The number of fused-ring (bicyclic) bond motifs is 15. The zero-order chi connectivity index (χ0) is 36.1. The van der Waals surface area contributed by atoms with Gasteiger partial charge in [0.15, 0.2) is 0 Å². The van der Waals surface area contributed by atoms with Gasteiger partial charge in [-0.3, -0.25) is 0 Å². The lowest BCUT2D eigenvalue weighted by atomic mass is 9.70. The Morgan fingerprint density at radius 2 is 0.964 bits per heavy atom. The first-order valence-corrected chi connectivity index (χ1v) is 19.0. The number of benzene rings is 9. The molecule has 256 valence electrons. The highest BCUT2D eigenvalue weighted by Crippen LogP contribution is 2.64. The van der Waals surface area contributed by atoms with E-state index in [0.717, 1.165) is 44.7 Å². The van der Waals surface area contributed by atoms with Crippen molar-refractivity contribution in [1.82, 2.24) is 0 Å². The standard InChI is InChI=1S/C53H33NO/c1-2-15-37(16-3-1)54(39-30-25-34-13-4-5-14-36(34)33-39)38-28-26-35(27-29-38)40-20-12-21-44-51-49(55-52(40)44)32-31-48-50(51)43-19-8-11-24-47(43)53(48)45-22-9-6-17-41(45)42-18-7-10-23-46(42)53/h1-33H. The normalized spacial score (nSPS) is 13.2. The van der Waals surface area contributed by atoms with Gasteiger partial charge in [-0.05, 0) is 103 Å². The van der Waals surface area contributed by atoms with E-state index in [9.17, 15) is 0 Å². The predicted molar refractivity (Wildman–Crippen MR) is 228 cm³/mol. The second kappa shape index (κ2) is 11.4. The molecule has 1 aromatic heterocycles. The van der Waals surface area contributed by atoms with Gasteiger partial charge in [0.25, 0.3) is 0 Å². The summed E-state index contributed by atoms with van der Waals surface area (Å²) >= 11 is 0. The number of anilines is 3. The Hall–Kier alpha value is -7.16. The zero-order valence-corrected chi connectivity index (χ0v) is 29.9. The largest absolute Gasteiger partial charge is 0.455 e. The van der Waals surface area contributed by atoms with Gasteiger partial charge < -0.3 is 9.32 Å².